The summed E-state index contributed by atoms with van der Waals surface area (Å²) in [6, 6.07) is 4.58. The fourth-order valence-corrected chi connectivity index (χ4v) is 2.92. The smallest absolute Gasteiger partial charge is 0.347 e. The van der Waals surface area contributed by atoms with Crippen LogP contribution in [0.3, 0.4) is 0 Å². The van der Waals surface area contributed by atoms with Gasteiger partial charge < -0.3 is 4.42 Å². The molecular formula is C14H9BrClF2N3O2. The van der Waals surface area contributed by atoms with Crippen LogP contribution in [0.2, 0.25) is 5.02 Å². The quantitative estimate of drug-likeness (QED) is 0.661. The molecular weight excluding hydrogens is 396 g/mol. The van der Waals surface area contributed by atoms with Crippen molar-refractivity contribution in [3.63, 3.8) is 0 Å². The van der Waals surface area contributed by atoms with E-state index < -0.39 is 18.6 Å². The Morgan fingerprint density at radius 3 is 2.83 bits per heavy atom. The van der Waals surface area contributed by atoms with E-state index in [0.717, 1.165) is 4.68 Å². The molecule has 0 amide bonds. The van der Waals surface area contributed by atoms with Gasteiger partial charge in [0.2, 0.25) is 5.89 Å². The zero-order valence-corrected chi connectivity index (χ0v) is 14.0. The molecule has 0 aliphatic carbocycles. The lowest BCUT2D eigenvalue weighted by Crippen LogP contribution is -2.11. The summed E-state index contributed by atoms with van der Waals surface area (Å²) in [5.74, 6) is -0.0771. The first-order chi connectivity index (χ1) is 10.8. The molecule has 0 bridgehead atoms. The second-order valence-corrected chi connectivity index (χ2v) is 6.10. The highest BCUT2D eigenvalue weighted by molar-refractivity contribution is 9.10. The number of hydrogen-bond donors (Lipinski definition) is 0. The molecule has 9 heteroatoms. The van der Waals surface area contributed by atoms with Crippen molar-refractivity contribution in [1.29, 1.82) is 0 Å². The maximum Gasteiger partial charge on any atom is 0.347 e. The molecule has 2 heterocycles. The molecule has 0 saturated carbocycles. The van der Waals surface area contributed by atoms with E-state index in [2.05, 4.69) is 26.0 Å². The van der Waals surface area contributed by atoms with E-state index in [1.165, 1.54) is 12.1 Å². The van der Waals surface area contributed by atoms with Crippen LogP contribution in [0, 0.1) is 6.92 Å². The summed E-state index contributed by atoms with van der Waals surface area (Å²) >= 11 is 9.05. The number of aryl methyl sites for hydroxylation is 1. The third-order valence-corrected chi connectivity index (χ3v) is 3.77. The molecule has 0 N–H and O–H groups in total. The fourth-order valence-electron chi connectivity index (χ4n) is 2.24. The molecule has 0 saturated heterocycles. The van der Waals surface area contributed by atoms with Gasteiger partial charge in [-0.15, -0.1) is 0 Å². The molecule has 1 aromatic carbocycles. The maximum absolute atomic E-state index is 12.7. The van der Waals surface area contributed by atoms with Gasteiger partial charge in [-0.1, -0.05) is 11.6 Å². The van der Waals surface area contributed by atoms with E-state index in [9.17, 15) is 13.6 Å². The van der Waals surface area contributed by atoms with E-state index in [1.54, 1.807) is 13.0 Å². The molecule has 0 atom stereocenters. The van der Waals surface area contributed by atoms with Gasteiger partial charge in [0.1, 0.15) is 16.8 Å². The zero-order valence-electron chi connectivity index (χ0n) is 11.7. The van der Waals surface area contributed by atoms with Crippen LogP contribution in [-0.2, 0) is 6.54 Å². The highest BCUT2D eigenvalue weighted by atomic mass is 79.9. The molecule has 0 fully saturated rings. The summed E-state index contributed by atoms with van der Waals surface area (Å²) in [5.41, 5.74) is 0.629. The Bertz CT molecular complexity index is 955. The summed E-state index contributed by atoms with van der Waals surface area (Å²) in [5, 5.41) is 4.53. The molecule has 0 unspecified atom stereocenters. The van der Waals surface area contributed by atoms with Crippen molar-refractivity contribution in [2.24, 2.45) is 0 Å². The first kappa shape index (κ1) is 16.1. The molecule has 23 heavy (non-hydrogen) atoms. The van der Waals surface area contributed by atoms with Gasteiger partial charge in [0, 0.05) is 11.1 Å². The van der Waals surface area contributed by atoms with Crippen LogP contribution >= 0.6 is 27.5 Å². The van der Waals surface area contributed by atoms with E-state index in [4.69, 9.17) is 16.0 Å². The van der Waals surface area contributed by atoms with Crippen molar-refractivity contribution in [1.82, 2.24) is 14.8 Å². The number of halogens is 4. The van der Waals surface area contributed by atoms with Crippen LogP contribution in [0.15, 0.2) is 32.0 Å². The minimum absolute atomic E-state index is 0.0771. The van der Waals surface area contributed by atoms with Crippen molar-refractivity contribution in [2.45, 2.75) is 19.9 Å². The van der Waals surface area contributed by atoms with Crippen LogP contribution in [-0.4, -0.2) is 21.2 Å². The average molecular weight is 405 g/mol. The second-order valence-electron chi connectivity index (χ2n) is 4.85. The summed E-state index contributed by atoms with van der Waals surface area (Å²) in [7, 11) is 0. The molecule has 0 aliphatic heterocycles. The Hall–Kier alpha value is -1.80. The van der Waals surface area contributed by atoms with Gasteiger partial charge in [0.15, 0.2) is 0 Å². The van der Waals surface area contributed by atoms with E-state index in [-0.39, 0.29) is 17.0 Å². The van der Waals surface area contributed by atoms with Crippen molar-refractivity contribution >= 4 is 38.4 Å². The van der Waals surface area contributed by atoms with Gasteiger partial charge in [-0.2, -0.15) is 5.10 Å². The lowest BCUT2D eigenvalue weighted by atomic mass is 10.1. The Morgan fingerprint density at radius 2 is 2.13 bits per heavy atom. The van der Waals surface area contributed by atoms with Crippen LogP contribution in [0.25, 0.3) is 22.5 Å². The number of hydrogen-bond acceptors (Lipinski definition) is 4. The molecule has 120 valence electrons. The van der Waals surface area contributed by atoms with Crippen molar-refractivity contribution < 1.29 is 13.2 Å². The molecule has 0 aliphatic rings. The highest BCUT2D eigenvalue weighted by Crippen LogP contribution is 2.25. The third-order valence-electron chi connectivity index (χ3n) is 3.17. The Kier molecular flexibility index (Phi) is 4.20. The first-order valence-corrected chi connectivity index (χ1v) is 7.65. The van der Waals surface area contributed by atoms with Crippen LogP contribution in [0.5, 0.6) is 0 Å². The monoisotopic (exact) mass is 403 g/mol. The standard InChI is InChI=1S/C14H9BrClF2N3O2/c1-6-2-7(16)3-8-12(6)19-13(23-14(8)22)9-4-10(15)20-21(9)5-11(17)18/h2-4,11H,5H2,1H3. The number of nitrogens with zero attached hydrogens (tertiary/aromatic N) is 3. The maximum atomic E-state index is 12.7. The Morgan fingerprint density at radius 1 is 1.39 bits per heavy atom. The predicted octanol–water partition coefficient (Wildman–Crippen LogP) is 4.04. The molecule has 3 rings (SSSR count). The number of rotatable bonds is 3. The number of fused-ring (bicyclic) bond motifs is 1. The molecule has 3 aromatic rings. The van der Waals surface area contributed by atoms with Gasteiger partial charge in [0.05, 0.1) is 10.9 Å². The van der Waals surface area contributed by atoms with E-state index in [1.807, 2.05) is 0 Å². The molecule has 0 radical (unpaired) electrons. The normalized spacial score (nSPS) is 11.6. The summed E-state index contributed by atoms with van der Waals surface area (Å²) in [6.07, 6.45) is -2.60. The summed E-state index contributed by atoms with van der Waals surface area (Å²) < 4.78 is 31.9. The Labute approximate surface area is 142 Å². The predicted molar refractivity (Wildman–Crippen MR) is 85.0 cm³/mol. The fraction of sp³-hybridized carbons (Fsp3) is 0.214. The lowest BCUT2D eigenvalue weighted by molar-refractivity contribution is 0.122. The topological polar surface area (TPSA) is 60.9 Å². The largest absolute Gasteiger partial charge is 0.401 e. The molecule has 0 spiro atoms. The van der Waals surface area contributed by atoms with E-state index >= 15 is 0 Å². The van der Waals surface area contributed by atoms with Gasteiger partial charge in [-0.25, -0.2) is 18.6 Å². The van der Waals surface area contributed by atoms with Gasteiger partial charge >= 0.3 is 5.63 Å². The second kappa shape index (κ2) is 6.01. The van der Waals surface area contributed by atoms with Crippen LogP contribution in [0.1, 0.15) is 5.56 Å². The van der Waals surface area contributed by atoms with E-state index in [0.29, 0.717) is 20.7 Å². The Balaban J connectivity index is 2.24. The molecule has 2 aromatic heterocycles. The number of aromatic nitrogens is 3. The number of benzene rings is 1. The van der Waals surface area contributed by atoms with Crippen molar-refractivity contribution in [3.8, 4) is 11.6 Å². The molecule has 5 nitrogen and oxygen atoms in total. The van der Waals surface area contributed by atoms with Gasteiger partial charge in [0.25, 0.3) is 6.43 Å². The lowest BCUT2D eigenvalue weighted by Gasteiger charge is -2.07. The minimum atomic E-state index is -2.60. The van der Waals surface area contributed by atoms with Gasteiger partial charge in [-0.05, 0) is 40.5 Å². The number of alkyl halides is 2. The van der Waals surface area contributed by atoms with Crippen LogP contribution in [0.4, 0.5) is 8.78 Å². The minimum Gasteiger partial charge on any atom is -0.401 e. The summed E-state index contributed by atoms with van der Waals surface area (Å²) in [6.45, 7) is 1.11. The first-order valence-electron chi connectivity index (χ1n) is 6.48. The summed E-state index contributed by atoms with van der Waals surface area (Å²) in [4.78, 5) is 16.4. The average Bonchev–Trinajstić information content (AvgIpc) is 2.79. The third kappa shape index (κ3) is 3.13. The van der Waals surface area contributed by atoms with Crippen LogP contribution < -0.4 is 5.63 Å². The zero-order chi connectivity index (χ0) is 16.7. The van der Waals surface area contributed by atoms with Gasteiger partial charge in [-0.3, -0.25) is 4.68 Å². The van der Waals surface area contributed by atoms with Crippen molar-refractivity contribution in [2.75, 3.05) is 0 Å². The highest BCUT2D eigenvalue weighted by Gasteiger charge is 2.18. The SMILES string of the molecule is Cc1cc(Cl)cc2c(=O)oc(-c3cc(Br)nn3CC(F)F)nc12. The van der Waals surface area contributed by atoms with Crippen molar-refractivity contribution in [3.05, 3.63) is 43.8 Å².